The predicted octanol–water partition coefficient (Wildman–Crippen LogP) is 1.65. The van der Waals surface area contributed by atoms with Gasteiger partial charge in [-0.05, 0) is 19.1 Å². The molecule has 0 aromatic carbocycles. The minimum Gasteiger partial charge on any atom is -0.451 e. The van der Waals surface area contributed by atoms with Crippen LogP contribution in [0, 0.1) is 6.92 Å². The number of hydrogen-bond donors (Lipinski definition) is 0. The normalized spacial score (nSPS) is 13.7. The molecule has 0 aliphatic carbocycles. The highest BCUT2D eigenvalue weighted by Gasteiger charge is 2.29. The van der Waals surface area contributed by atoms with Crippen molar-refractivity contribution in [2.75, 3.05) is 19.8 Å². The summed E-state index contributed by atoms with van der Waals surface area (Å²) in [5, 5.41) is 0.592. The Morgan fingerprint density at radius 2 is 2.25 bits per heavy atom. The van der Waals surface area contributed by atoms with Crippen LogP contribution in [0.25, 0.3) is 10.7 Å². The number of carbonyl (C=O) groups excluding carboxylic acids is 3. The second kappa shape index (κ2) is 6.75. The van der Waals surface area contributed by atoms with Crippen molar-refractivity contribution in [3.63, 3.8) is 0 Å². The Kier molecular flexibility index (Phi) is 4.52. The highest BCUT2D eigenvalue weighted by molar-refractivity contribution is 7.17. The van der Waals surface area contributed by atoms with E-state index in [1.54, 1.807) is 25.3 Å². The van der Waals surface area contributed by atoms with Gasteiger partial charge in [-0.3, -0.25) is 9.78 Å². The van der Waals surface area contributed by atoms with Crippen LogP contribution in [0.2, 0.25) is 0 Å². The number of rotatable bonds is 4. The number of carbonyl (C=O) groups is 3. The number of aryl methyl sites for hydroxylation is 1. The summed E-state index contributed by atoms with van der Waals surface area (Å²) in [4.78, 5) is 44.9. The number of cyclic esters (lactones) is 1. The lowest BCUT2D eigenvalue weighted by molar-refractivity contribution is -0.131. The van der Waals surface area contributed by atoms with Gasteiger partial charge >= 0.3 is 12.1 Å². The van der Waals surface area contributed by atoms with Crippen LogP contribution in [0.15, 0.2) is 24.4 Å². The van der Waals surface area contributed by atoms with Gasteiger partial charge in [-0.1, -0.05) is 6.07 Å². The van der Waals surface area contributed by atoms with E-state index in [0.717, 1.165) is 16.2 Å². The van der Waals surface area contributed by atoms with Gasteiger partial charge in [0.25, 0.3) is 5.91 Å². The molecule has 0 atom stereocenters. The predicted molar refractivity (Wildman–Crippen MR) is 83.4 cm³/mol. The SMILES string of the molecule is Cc1nc(-c2ccccn2)sc1C(=O)OCC(=O)N1CCOC1=O. The maximum absolute atomic E-state index is 12.2. The van der Waals surface area contributed by atoms with Gasteiger partial charge in [0.2, 0.25) is 0 Å². The summed E-state index contributed by atoms with van der Waals surface area (Å²) in [6.45, 7) is 1.47. The monoisotopic (exact) mass is 347 g/mol. The number of hydrogen-bond acceptors (Lipinski definition) is 8. The molecule has 24 heavy (non-hydrogen) atoms. The Labute approximate surface area is 141 Å². The van der Waals surface area contributed by atoms with Gasteiger partial charge in [-0.2, -0.15) is 0 Å². The lowest BCUT2D eigenvalue weighted by Crippen LogP contribution is -2.35. The number of nitrogens with zero attached hydrogens (tertiary/aromatic N) is 3. The molecule has 3 rings (SSSR count). The van der Waals surface area contributed by atoms with Crippen molar-refractivity contribution >= 4 is 29.3 Å². The Hall–Kier alpha value is -2.81. The van der Waals surface area contributed by atoms with E-state index >= 15 is 0 Å². The highest BCUT2D eigenvalue weighted by Crippen LogP contribution is 2.26. The van der Waals surface area contributed by atoms with Gasteiger partial charge in [0.1, 0.15) is 16.5 Å². The number of esters is 1. The zero-order chi connectivity index (χ0) is 17.1. The van der Waals surface area contributed by atoms with E-state index in [2.05, 4.69) is 14.7 Å². The van der Waals surface area contributed by atoms with Crippen LogP contribution < -0.4 is 0 Å². The van der Waals surface area contributed by atoms with Crippen molar-refractivity contribution in [1.82, 2.24) is 14.9 Å². The van der Waals surface area contributed by atoms with Crippen LogP contribution >= 0.6 is 11.3 Å². The standard InChI is InChI=1S/C15H13N3O5S/c1-9-12(24-13(17-9)10-4-2-3-5-16-10)14(20)23-8-11(19)18-6-7-22-15(18)21/h2-5H,6-8H2,1H3. The van der Waals surface area contributed by atoms with Gasteiger partial charge < -0.3 is 9.47 Å². The van der Waals surface area contributed by atoms with Crippen LogP contribution in [0.4, 0.5) is 4.79 Å². The van der Waals surface area contributed by atoms with Crippen molar-refractivity contribution in [2.24, 2.45) is 0 Å². The third kappa shape index (κ3) is 3.25. The average Bonchev–Trinajstić information content (AvgIpc) is 3.19. The second-order valence-electron chi connectivity index (χ2n) is 4.88. The molecule has 1 aliphatic heterocycles. The third-order valence-electron chi connectivity index (χ3n) is 3.25. The fourth-order valence-corrected chi connectivity index (χ4v) is 3.01. The zero-order valence-electron chi connectivity index (χ0n) is 12.7. The summed E-state index contributed by atoms with van der Waals surface area (Å²) in [5.74, 6) is -1.27. The number of amides is 2. The van der Waals surface area contributed by atoms with Crippen LogP contribution in [0.3, 0.4) is 0 Å². The molecule has 2 amide bonds. The van der Waals surface area contributed by atoms with Gasteiger partial charge in [0.05, 0.1) is 17.9 Å². The second-order valence-corrected chi connectivity index (χ2v) is 5.88. The van der Waals surface area contributed by atoms with Crippen molar-refractivity contribution in [2.45, 2.75) is 6.92 Å². The smallest absolute Gasteiger partial charge is 0.416 e. The molecule has 3 heterocycles. The van der Waals surface area contributed by atoms with E-state index < -0.39 is 24.6 Å². The van der Waals surface area contributed by atoms with Crippen molar-refractivity contribution in [3.05, 3.63) is 35.0 Å². The summed E-state index contributed by atoms with van der Waals surface area (Å²) < 4.78 is 9.65. The van der Waals surface area contributed by atoms with E-state index in [1.165, 1.54) is 0 Å². The van der Waals surface area contributed by atoms with Gasteiger partial charge in [-0.15, -0.1) is 11.3 Å². The van der Waals surface area contributed by atoms with Gasteiger partial charge in [-0.25, -0.2) is 19.5 Å². The molecule has 0 saturated carbocycles. The Morgan fingerprint density at radius 1 is 1.42 bits per heavy atom. The quantitative estimate of drug-likeness (QED) is 0.775. The fraction of sp³-hybridized carbons (Fsp3) is 0.267. The molecule has 1 aliphatic rings. The summed E-state index contributed by atoms with van der Waals surface area (Å²) in [6.07, 6.45) is 0.917. The molecule has 0 bridgehead atoms. The molecule has 2 aromatic heterocycles. The number of imide groups is 1. The van der Waals surface area contributed by atoms with Crippen LogP contribution in [0.5, 0.6) is 0 Å². The minimum atomic E-state index is -0.720. The first-order chi connectivity index (χ1) is 11.6. The zero-order valence-corrected chi connectivity index (χ0v) is 13.5. The first-order valence-corrected chi connectivity index (χ1v) is 7.91. The maximum Gasteiger partial charge on any atom is 0.416 e. The summed E-state index contributed by atoms with van der Waals surface area (Å²) in [5.41, 5.74) is 1.15. The molecule has 9 heteroatoms. The first-order valence-electron chi connectivity index (χ1n) is 7.09. The third-order valence-corrected chi connectivity index (χ3v) is 4.41. The van der Waals surface area contributed by atoms with Crippen LogP contribution in [0.1, 0.15) is 15.4 Å². The largest absolute Gasteiger partial charge is 0.451 e. The molecule has 0 unspecified atom stereocenters. The van der Waals surface area contributed by atoms with E-state index in [9.17, 15) is 14.4 Å². The molecular formula is C15H13N3O5S. The molecule has 1 saturated heterocycles. The number of aromatic nitrogens is 2. The van der Waals surface area contributed by atoms with Gasteiger partial charge in [0.15, 0.2) is 6.61 Å². The van der Waals surface area contributed by atoms with E-state index in [4.69, 9.17) is 4.74 Å². The molecule has 0 spiro atoms. The van der Waals surface area contributed by atoms with Crippen LogP contribution in [-0.2, 0) is 14.3 Å². The van der Waals surface area contributed by atoms with Gasteiger partial charge in [0, 0.05) is 6.20 Å². The molecular weight excluding hydrogens is 334 g/mol. The number of ether oxygens (including phenoxy) is 2. The first kappa shape index (κ1) is 16.1. The maximum atomic E-state index is 12.2. The summed E-state index contributed by atoms with van der Waals surface area (Å²) in [7, 11) is 0. The van der Waals surface area contributed by atoms with E-state index in [0.29, 0.717) is 21.3 Å². The molecule has 124 valence electrons. The lowest BCUT2D eigenvalue weighted by Gasteiger charge is -2.10. The Bertz CT molecular complexity index is 790. The molecule has 0 N–H and O–H groups in total. The van der Waals surface area contributed by atoms with E-state index in [-0.39, 0.29) is 13.2 Å². The van der Waals surface area contributed by atoms with Crippen molar-refractivity contribution < 1.29 is 23.9 Å². The van der Waals surface area contributed by atoms with Crippen LogP contribution in [-0.4, -0.2) is 52.6 Å². The Balaban J connectivity index is 1.66. The Morgan fingerprint density at radius 3 is 2.92 bits per heavy atom. The average molecular weight is 347 g/mol. The van der Waals surface area contributed by atoms with E-state index in [1.807, 2.05) is 6.07 Å². The fourth-order valence-electron chi connectivity index (χ4n) is 2.08. The number of pyridine rings is 1. The topological polar surface area (TPSA) is 98.7 Å². The number of thiazole rings is 1. The molecule has 8 nitrogen and oxygen atoms in total. The lowest BCUT2D eigenvalue weighted by atomic mass is 10.3. The molecule has 1 fully saturated rings. The van der Waals surface area contributed by atoms with Crippen molar-refractivity contribution in [1.29, 1.82) is 0 Å². The molecule has 2 aromatic rings. The minimum absolute atomic E-state index is 0.153. The van der Waals surface area contributed by atoms with Crippen molar-refractivity contribution in [3.8, 4) is 10.7 Å². The molecule has 0 radical (unpaired) electrons. The summed E-state index contributed by atoms with van der Waals surface area (Å²) >= 11 is 1.14. The summed E-state index contributed by atoms with van der Waals surface area (Å²) in [6, 6.07) is 5.40. The highest BCUT2D eigenvalue weighted by atomic mass is 32.1.